The molecule has 0 saturated heterocycles. The second-order valence-electron chi connectivity index (χ2n) is 2.11. The molecule has 2 aromatic rings. The minimum Gasteiger partial charge on any atom is -0.419 e. The van der Waals surface area contributed by atoms with Crippen LogP contribution in [0, 0.1) is 0 Å². The highest BCUT2D eigenvalue weighted by atomic mass is 79.9. The van der Waals surface area contributed by atoms with Gasteiger partial charge in [0.2, 0.25) is 5.89 Å². The maximum atomic E-state index is 5.32. The average Bonchev–Trinajstić information content (AvgIpc) is 2.75. The predicted octanol–water partition coefficient (Wildman–Crippen LogP) is 2.69. The van der Waals surface area contributed by atoms with Crippen LogP contribution in [0.15, 0.2) is 21.9 Å². The minimum atomic E-state index is 0.597. The van der Waals surface area contributed by atoms with Gasteiger partial charge in [0.05, 0.1) is 10.2 Å². The molecule has 0 saturated carbocycles. The van der Waals surface area contributed by atoms with E-state index in [1.807, 2.05) is 17.5 Å². The summed E-state index contributed by atoms with van der Waals surface area (Å²) in [6, 6.07) is 3.91. The van der Waals surface area contributed by atoms with Crippen LogP contribution >= 0.6 is 27.3 Å². The highest BCUT2D eigenvalue weighted by Gasteiger charge is 2.07. The molecule has 0 spiro atoms. The topological polar surface area (TPSA) is 38.9 Å². The smallest absolute Gasteiger partial charge is 0.257 e. The molecule has 0 atom stereocenters. The van der Waals surface area contributed by atoms with Gasteiger partial charge in [0, 0.05) is 0 Å². The third-order valence-corrected chi connectivity index (χ3v) is 2.65. The number of aromatic nitrogens is 2. The van der Waals surface area contributed by atoms with Crippen molar-refractivity contribution in [3.8, 4) is 10.8 Å². The van der Waals surface area contributed by atoms with Crippen molar-refractivity contribution >= 4 is 27.3 Å². The van der Waals surface area contributed by atoms with Crippen molar-refractivity contribution in [3.05, 3.63) is 23.4 Å². The lowest BCUT2D eigenvalue weighted by Crippen LogP contribution is -1.73. The molecule has 2 aromatic heterocycles. The highest BCUT2D eigenvalue weighted by molar-refractivity contribution is 9.08. The van der Waals surface area contributed by atoms with Gasteiger partial charge in [0.1, 0.15) is 0 Å². The van der Waals surface area contributed by atoms with Gasteiger partial charge in [-0.05, 0) is 11.4 Å². The SMILES string of the molecule is BrCc1nnc(-c2cccs2)o1. The molecule has 2 rings (SSSR count). The number of thiophene rings is 1. The molecule has 0 bridgehead atoms. The van der Waals surface area contributed by atoms with Gasteiger partial charge in [0.15, 0.2) is 0 Å². The van der Waals surface area contributed by atoms with Crippen LogP contribution in [-0.2, 0) is 5.33 Å². The molecule has 0 aliphatic carbocycles. The summed E-state index contributed by atoms with van der Waals surface area (Å²) in [5.41, 5.74) is 0. The van der Waals surface area contributed by atoms with Gasteiger partial charge in [-0.3, -0.25) is 0 Å². The molecule has 2 heterocycles. The van der Waals surface area contributed by atoms with Crippen molar-refractivity contribution in [3.63, 3.8) is 0 Å². The van der Waals surface area contributed by atoms with E-state index < -0.39 is 0 Å². The molecule has 0 N–H and O–H groups in total. The number of hydrogen-bond donors (Lipinski definition) is 0. The first-order valence-corrected chi connectivity index (χ1v) is 5.32. The molecule has 3 nitrogen and oxygen atoms in total. The van der Waals surface area contributed by atoms with E-state index in [1.165, 1.54) is 0 Å². The first kappa shape index (κ1) is 7.94. The summed E-state index contributed by atoms with van der Waals surface area (Å²) in [7, 11) is 0. The van der Waals surface area contributed by atoms with Crippen LogP contribution in [0.2, 0.25) is 0 Å². The summed E-state index contributed by atoms with van der Waals surface area (Å²) in [6.45, 7) is 0. The largest absolute Gasteiger partial charge is 0.419 e. The van der Waals surface area contributed by atoms with Crippen LogP contribution in [0.4, 0.5) is 0 Å². The zero-order chi connectivity index (χ0) is 8.39. The summed E-state index contributed by atoms with van der Waals surface area (Å²) in [6.07, 6.45) is 0. The summed E-state index contributed by atoms with van der Waals surface area (Å²) in [4.78, 5) is 1.01. The van der Waals surface area contributed by atoms with E-state index in [4.69, 9.17) is 4.42 Å². The van der Waals surface area contributed by atoms with Gasteiger partial charge < -0.3 is 4.42 Å². The fourth-order valence-corrected chi connectivity index (χ4v) is 1.68. The first-order chi connectivity index (χ1) is 5.90. The van der Waals surface area contributed by atoms with E-state index in [2.05, 4.69) is 26.1 Å². The Hall–Kier alpha value is -0.680. The van der Waals surface area contributed by atoms with Gasteiger partial charge in [0.25, 0.3) is 5.89 Å². The second kappa shape index (κ2) is 3.37. The Labute approximate surface area is 81.6 Å². The van der Waals surface area contributed by atoms with Crippen LogP contribution in [0.5, 0.6) is 0 Å². The molecule has 0 amide bonds. The molecular weight excluding hydrogens is 240 g/mol. The first-order valence-electron chi connectivity index (χ1n) is 3.32. The lowest BCUT2D eigenvalue weighted by Gasteiger charge is -1.83. The van der Waals surface area contributed by atoms with Crippen LogP contribution in [0.25, 0.3) is 10.8 Å². The van der Waals surface area contributed by atoms with Crippen molar-refractivity contribution in [2.75, 3.05) is 0 Å². The molecule has 0 fully saturated rings. The molecule has 0 unspecified atom stereocenters. The molecule has 62 valence electrons. The Morgan fingerprint density at radius 2 is 2.42 bits per heavy atom. The normalized spacial score (nSPS) is 10.4. The van der Waals surface area contributed by atoms with Crippen molar-refractivity contribution in [2.24, 2.45) is 0 Å². The van der Waals surface area contributed by atoms with Gasteiger partial charge in [-0.2, -0.15) is 0 Å². The zero-order valence-electron chi connectivity index (χ0n) is 6.03. The number of halogens is 1. The van der Waals surface area contributed by atoms with E-state index in [0.717, 1.165) is 4.88 Å². The number of hydrogen-bond acceptors (Lipinski definition) is 4. The fraction of sp³-hybridized carbons (Fsp3) is 0.143. The summed E-state index contributed by atoms with van der Waals surface area (Å²) in [5, 5.41) is 10.3. The van der Waals surface area contributed by atoms with Crippen molar-refractivity contribution in [1.82, 2.24) is 10.2 Å². The Bertz CT molecular complexity index is 357. The second-order valence-corrected chi connectivity index (χ2v) is 3.62. The molecular formula is C7H5BrN2OS. The Morgan fingerprint density at radius 1 is 1.50 bits per heavy atom. The fourth-order valence-electron chi connectivity index (χ4n) is 0.807. The number of nitrogens with zero attached hydrogens (tertiary/aromatic N) is 2. The lowest BCUT2D eigenvalue weighted by molar-refractivity contribution is 0.531. The van der Waals surface area contributed by atoms with E-state index >= 15 is 0 Å². The van der Waals surface area contributed by atoms with Crippen LogP contribution in [0.1, 0.15) is 5.89 Å². The average molecular weight is 245 g/mol. The van der Waals surface area contributed by atoms with Crippen LogP contribution in [0.3, 0.4) is 0 Å². The predicted molar refractivity (Wildman–Crippen MR) is 50.2 cm³/mol. The zero-order valence-corrected chi connectivity index (χ0v) is 8.43. The molecule has 0 radical (unpaired) electrons. The molecule has 0 aliphatic rings. The molecule has 5 heteroatoms. The van der Waals surface area contributed by atoms with Crippen molar-refractivity contribution in [1.29, 1.82) is 0 Å². The van der Waals surface area contributed by atoms with Gasteiger partial charge in [-0.25, -0.2) is 0 Å². The summed E-state index contributed by atoms with van der Waals surface area (Å²) < 4.78 is 5.32. The summed E-state index contributed by atoms with van der Waals surface area (Å²) in [5.74, 6) is 1.21. The van der Waals surface area contributed by atoms with E-state index in [0.29, 0.717) is 17.1 Å². The Morgan fingerprint density at radius 3 is 3.00 bits per heavy atom. The van der Waals surface area contributed by atoms with E-state index in [9.17, 15) is 0 Å². The highest BCUT2D eigenvalue weighted by Crippen LogP contribution is 2.23. The molecule has 0 aliphatic heterocycles. The van der Waals surface area contributed by atoms with E-state index in [-0.39, 0.29) is 0 Å². The minimum absolute atomic E-state index is 0.597. The summed E-state index contributed by atoms with van der Waals surface area (Å²) >= 11 is 4.83. The Balaban J connectivity index is 2.35. The quantitative estimate of drug-likeness (QED) is 0.763. The van der Waals surface area contributed by atoms with E-state index in [1.54, 1.807) is 11.3 Å². The van der Waals surface area contributed by atoms with Crippen molar-refractivity contribution in [2.45, 2.75) is 5.33 Å². The number of alkyl halides is 1. The van der Waals surface area contributed by atoms with Crippen LogP contribution in [-0.4, -0.2) is 10.2 Å². The van der Waals surface area contributed by atoms with Crippen molar-refractivity contribution < 1.29 is 4.42 Å². The molecule has 12 heavy (non-hydrogen) atoms. The maximum absolute atomic E-state index is 5.32. The maximum Gasteiger partial charge on any atom is 0.257 e. The van der Waals surface area contributed by atoms with Crippen LogP contribution < -0.4 is 0 Å². The standard InChI is InChI=1S/C7H5BrN2OS/c8-4-6-9-10-7(11-6)5-2-1-3-12-5/h1-3H,4H2. The number of rotatable bonds is 2. The lowest BCUT2D eigenvalue weighted by atomic mass is 10.5. The van der Waals surface area contributed by atoms with Gasteiger partial charge in [-0.15, -0.1) is 21.5 Å². The third-order valence-electron chi connectivity index (χ3n) is 1.31. The third kappa shape index (κ3) is 1.42. The van der Waals surface area contributed by atoms with Gasteiger partial charge >= 0.3 is 0 Å². The monoisotopic (exact) mass is 244 g/mol. The molecule has 0 aromatic carbocycles. The van der Waals surface area contributed by atoms with Gasteiger partial charge in [-0.1, -0.05) is 22.0 Å². The Kier molecular flexibility index (Phi) is 2.23.